The Morgan fingerprint density at radius 3 is 2.67 bits per heavy atom. The lowest BCUT2D eigenvalue weighted by molar-refractivity contribution is -0.148. The molecule has 1 aliphatic heterocycles. The number of esters is 1. The van der Waals surface area contributed by atoms with Gasteiger partial charge in [-0.25, -0.2) is 0 Å². The molecule has 2 N–H and O–H groups in total. The van der Waals surface area contributed by atoms with Gasteiger partial charge in [0.1, 0.15) is 5.75 Å². The molecule has 3 rings (SSSR count). The Hall–Kier alpha value is -3.59. The summed E-state index contributed by atoms with van der Waals surface area (Å²) >= 11 is 6.01. The number of carbonyl (C=O) groups excluding carboxylic acids is 4. The number of benzene rings is 2. The molecule has 9 nitrogen and oxygen atoms in total. The van der Waals surface area contributed by atoms with Gasteiger partial charge in [-0.3, -0.25) is 19.2 Å². The van der Waals surface area contributed by atoms with E-state index in [-0.39, 0.29) is 25.4 Å². The van der Waals surface area contributed by atoms with E-state index >= 15 is 0 Å². The minimum atomic E-state index is -0.663. The number of ether oxygens (including phenoxy) is 2. The Morgan fingerprint density at radius 1 is 1.12 bits per heavy atom. The molecular weight excluding hydrogens is 450 g/mol. The van der Waals surface area contributed by atoms with Crippen molar-refractivity contribution in [2.75, 3.05) is 29.9 Å². The van der Waals surface area contributed by atoms with Gasteiger partial charge in [0.05, 0.1) is 18.7 Å². The topological polar surface area (TPSA) is 114 Å². The molecule has 1 atom stereocenters. The second-order valence-electron chi connectivity index (χ2n) is 7.37. The maximum Gasteiger partial charge on any atom is 0.308 e. The molecule has 1 unspecified atom stereocenters. The zero-order chi connectivity index (χ0) is 24.0. The molecule has 0 spiro atoms. The molecule has 2 aromatic rings. The summed E-state index contributed by atoms with van der Waals surface area (Å²) in [5.74, 6) is -1.42. The summed E-state index contributed by atoms with van der Waals surface area (Å²) in [6.07, 6.45) is -0.766. The lowest BCUT2D eigenvalue weighted by Gasteiger charge is -2.32. The minimum Gasteiger partial charge on any atom is -0.479 e. The first-order chi connectivity index (χ1) is 15.8. The summed E-state index contributed by atoms with van der Waals surface area (Å²) in [5, 5.41) is 5.55. The molecule has 174 valence electrons. The number of nitrogens with zero attached hydrogens (tertiary/aromatic N) is 1. The van der Waals surface area contributed by atoms with Gasteiger partial charge < -0.3 is 25.0 Å². The Kier molecular flexibility index (Phi) is 7.89. The Balaban J connectivity index is 1.41. The first-order valence-corrected chi connectivity index (χ1v) is 10.7. The van der Waals surface area contributed by atoms with E-state index in [9.17, 15) is 19.2 Å². The standard InChI is InChI=1S/C23H24ClN3O6/c1-14-16(24)6-5-7-17(14)26-20(28)12-25-21(29)13-32-22(30)10-11-27-18-8-3-4-9-19(18)33-15(2)23(27)31/h3-9,15H,10-13H2,1-2H3,(H,25,29)(H,26,28). The second kappa shape index (κ2) is 10.8. The molecule has 10 heteroatoms. The van der Waals surface area contributed by atoms with Crippen LogP contribution in [0, 0.1) is 6.92 Å². The Labute approximate surface area is 196 Å². The normalized spacial score (nSPS) is 14.7. The number of nitrogens with one attached hydrogen (secondary N) is 2. The predicted octanol–water partition coefficient (Wildman–Crippen LogP) is 2.45. The summed E-state index contributed by atoms with van der Waals surface area (Å²) in [5.41, 5.74) is 1.83. The van der Waals surface area contributed by atoms with Crippen LogP contribution in [0.25, 0.3) is 0 Å². The third-order valence-corrected chi connectivity index (χ3v) is 5.37. The third-order valence-electron chi connectivity index (χ3n) is 4.97. The van der Waals surface area contributed by atoms with Gasteiger partial charge in [0, 0.05) is 17.3 Å². The van der Waals surface area contributed by atoms with E-state index in [1.807, 2.05) is 0 Å². The minimum absolute atomic E-state index is 0.0887. The van der Waals surface area contributed by atoms with E-state index < -0.39 is 30.5 Å². The van der Waals surface area contributed by atoms with E-state index in [1.54, 1.807) is 56.3 Å². The third kappa shape index (κ3) is 6.23. The van der Waals surface area contributed by atoms with E-state index in [4.69, 9.17) is 21.1 Å². The monoisotopic (exact) mass is 473 g/mol. The Morgan fingerprint density at radius 2 is 1.88 bits per heavy atom. The number of carbonyl (C=O) groups is 4. The van der Waals surface area contributed by atoms with Gasteiger partial charge in [0.15, 0.2) is 12.7 Å². The first-order valence-electron chi connectivity index (χ1n) is 10.3. The van der Waals surface area contributed by atoms with Crippen LogP contribution in [0.15, 0.2) is 42.5 Å². The van der Waals surface area contributed by atoms with Gasteiger partial charge in [-0.2, -0.15) is 0 Å². The van der Waals surface area contributed by atoms with Crippen LogP contribution in [0.3, 0.4) is 0 Å². The van der Waals surface area contributed by atoms with Crippen molar-refractivity contribution < 1.29 is 28.7 Å². The number of para-hydroxylation sites is 2. The quantitative estimate of drug-likeness (QED) is 0.569. The van der Waals surface area contributed by atoms with Gasteiger partial charge in [-0.15, -0.1) is 0 Å². The van der Waals surface area contributed by atoms with Crippen molar-refractivity contribution in [3.05, 3.63) is 53.1 Å². The number of amides is 3. The fraction of sp³-hybridized carbons (Fsp3) is 0.304. The van der Waals surface area contributed by atoms with Crippen LogP contribution in [-0.2, 0) is 23.9 Å². The summed E-state index contributed by atoms with van der Waals surface area (Å²) in [6.45, 7) is 2.66. The van der Waals surface area contributed by atoms with Gasteiger partial charge >= 0.3 is 5.97 Å². The number of anilines is 2. The highest BCUT2D eigenvalue weighted by atomic mass is 35.5. The van der Waals surface area contributed by atoms with E-state index in [1.165, 1.54) is 4.90 Å². The molecule has 3 amide bonds. The molecule has 33 heavy (non-hydrogen) atoms. The van der Waals surface area contributed by atoms with Crippen molar-refractivity contribution in [2.24, 2.45) is 0 Å². The molecule has 0 saturated heterocycles. The van der Waals surface area contributed by atoms with E-state index in [0.717, 1.165) is 0 Å². The molecule has 0 aromatic heterocycles. The average Bonchev–Trinajstić information content (AvgIpc) is 2.79. The SMILES string of the molecule is Cc1c(Cl)cccc1NC(=O)CNC(=O)COC(=O)CCN1C(=O)C(C)Oc2ccccc21. The Bertz CT molecular complexity index is 1070. The van der Waals surface area contributed by atoms with Crippen LogP contribution in [0.2, 0.25) is 5.02 Å². The first kappa shape index (κ1) is 24.1. The number of hydrogen-bond acceptors (Lipinski definition) is 6. The molecule has 0 radical (unpaired) electrons. The maximum absolute atomic E-state index is 12.4. The molecule has 1 heterocycles. The van der Waals surface area contributed by atoms with Crippen molar-refractivity contribution >= 4 is 46.7 Å². The summed E-state index contributed by atoms with van der Waals surface area (Å²) in [4.78, 5) is 49.9. The molecular formula is C23H24ClN3O6. The number of rotatable bonds is 8. The summed E-state index contributed by atoms with van der Waals surface area (Å²) < 4.78 is 10.5. The number of hydrogen-bond donors (Lipinski definition) is 2. The fourth-order valence-corrected chi connectivity index (χ4v) is 3.35. The molecule has 0 bridgehead atoms. The fourth-order valence-electron chi connectivity index (χ4n) is 3.18. The summed E-state index contributed by atoms with van der Waals surface area (Å²) in [6, 6.07) is 12.1. The van der Waals surface area contributed by atoms with Crippen LogP contribution < -0.4 is 20.3 Å². The zero-order valence-electron chi connectivity index (χ0n) is 18.2. The van der Waals surface area contributed by atoms with Gasteiger partial charge in [-0.05, 0) is 43.7 Å². The van der Waals surface area contributed by atoms with Crippen LogP contribution >= 0.6 is 11.6 Å². The lowest BCUT2D eigenvalue weighted by atomic mass is 10.2. The van der Waals surface area contributed by atoms with Crippen molar-refractivity contribution in [3.63, 3.8) is 0 Å². The smallest absolute Gasteiger partial charge is 0.308 e. The van der Waals surface area contributed by atoms with E-state index in [0.29, 0.717) is 27.7 Å². The predicted molar refractivity (Wildman–Crippen MR) is 122 cm³/mol. The highest BCUT2D eigenvalue weighted by Gasteiger charge is 2.31. The lowest BCUT2D eigenvalue weighted by Crippen LogP contribution is -2.45. The molecule has 0 aliphatic carbocycles. The van der Waals surface area contributed by atoms with Gasteiger partial charge in [-0.1, -0.05) is 29.8 Å². The van der Waals surface area contributed by atoms with Crippen molar-refractivity contribution in [1.29, 1.82) is 0 Å². The van der Waals surface area contributed by atoms with Crippen LogP contribution in [-0.4, -0.2) is 49.5 Å². The van der Waals surface area contributed by atoms with Gasteiger partial charge in [0.2, 0.25) is 5.91 Å². The van der Waals surface area contributed by atoms with Crippen LogP contribution in [0.1, 0.15) is 18.9 Å². The van der Waals surface area contributed by atoms with Gasteiger partial charge in [0.25, 0.3) is 11.8 Å². The highest BCUT2D eigenvalue weighted by Crippen LogP contribution is 2.33. The van der Waals surface area contributed by atoms with Crippen molar-refractivity contribution in [3.8, 4) is 5.75 Å². The molecule has 1 aliphatic rings. The van der Waals surface area contributed by atoms with Crippen LogP contribution in [0.5, 0.6) is 5.75 Å². The second-order valence-corrected chi connectivity index (χ2v) is 7.77. The molecule has 2 aromatic carbocycles. The van der Waals surface area contributed by atoms with Crippen molar-refractivity contribution in [1.82, 2.24) is 5.32 Å². The number of fused-ring (bicyclic) bond motifs is 1. The average molecular weight is 474 g/mol. The number of halogens is 1. The van der Waals surface area contributed by atoms with E-state index in [2.05, 4.69) is 10.6 Å². The summed E-state index contributed by atoms with van der Waals surface area (Å²) in [7, 11) is 0. The maximum atomic E-state index is 12.4. The highest BCUT2D eigenvalue weighted by molar-refractivity contribution is 6.31. The van der Waals surface area contributed by atoms with Crippen molar-refractivity contribution in [2.45, 2.75) is 26.4 Å². The largest absolute Gasteiger partial charge is 0.479 e. The van der Waals surface area contributed by atoms with Crippen LogP contribution in [0.4, 0.5) is 11.4 Å². The molecule has 0 saturated carbocycles. The zero-order valence-corrected chi connectivity index (χ0v) is 19.0. The molecule has 0 fully saturated rings.